The summed E-state index contributed by atoms with van der Waals surface area (Å²) in [6, 6.07) is 4.56. The van der Waals surface area contributed by atoms with E-state index in [2.05, 4.69) is 0 Å². The SMILES string of the molecule is CCN1C(=O)c2ccc(C(c3ccc4c(c3)C(=O)N(C)C4=O)(C(F)F)C(F)(F)F)cc2C1=O. The predicted octanol–water partition coefficient (Wildman–Crippen LogP) is 3.64. The highest BCUT2D eigenvalue weighted by Gasteiger charge is 2.64. The van der Waals surface area contributed by atoms with Crippen LogP contribution >= 0.6 is 0 Å². The van der Waals surface area contributed by atoms with Crippen molar-refractivity contribution in [1.29, 1.82) is 0 Å². The van der Waals surface area contributed by atoms with Crippen LogP contribution in [0.15, 0.2) is 36.4 Å². The molecule has 172 valence electrons. The van der Waals surface area contributed by atoms with Crippen LogP contribution in [-0.2, 0) is 5.41 Å². The lowest BCUT2D eigenvalue weighted by molar-refractivity contribution is -0.211. The first-order valence-electron chi connectivity index (χ1n) is 9.70. The second-order valence-electron chi connectivity index (χ2n) is 7.65. The Hall–Kier alpha value is -3.63. The van der Waals surface area contributed by atoms with Crippen molar-refractivity contribution in [2.24, 2.45) is 0 Å². The zero-order valence-electron chi connectivity index (χ0n) is 17.2. The molecule has 1 atom stereocenters. The maximum atomic E-state index is 14.5. The van der Waals surface area contributed by atoms with Gasteiger partial charge in [0.05, 0.1) is 22.3 Å². The molecule has 6 nitrogen and oxygen atoms in total. The van der Waals surface area contributed by atoms with Gasteiger partial charge in [0.25, 0.3) is 30.1 Å². The Balaban J connectivity index is 1.99. The molecule has 33 heavy (non-hydrogen) atoms. The number of rotatable bonds is 4. The van der Waals surface area contributed by atoms with Gasteiger partial charge in [0.2, 0.25) is 0 Å². The van der Waals surface area contributed by atoms with Crippen LogP contribution in [0.3, 0.4) is 0 Å². The second-order valence-corrected chi connectivity index (χ2v) is 7.65. The van der Waals surface area contributed by atoms with Crippen LogP contribution in [0.1, 0.15) is 59.5 Å². The van der Waals surface area contributed by atoms with Crippen LogP contribution in [-0.4, -0.2) is 59.6 Å². The third kappa shape index (κ3) is 2.84. The van der Waals surface area contributed by atoms with E-state index in [1.165, 1.54) is 6.92 Å². The van der Waals surface area contributed by atoms with Crippen molar-refractivity contribution in [2.45, 2.75) is 24.9 Å². The zero-order valence-corrected chi connectivity index (χ0v) is 17.2. The van der Waals surface area contributed by atoms with Gasteiger partial charge in [-0.1, -0.05) is 12.1 Å². The van der Waals surface area contributed by atoms with Crippen LogP contribution in [0, 0.1) is 0 Å². The van der Waals surface area contributed by atoms with Crippen molar-refractivity contribution in [3.8, 4) is 0 Å². The largest absolute Gasteiger partial charge is 0.407 e. The van der Waals surface area contributed by atoms with E-state index in [0.717, 1.165) is 36.2 Å². The normalized spacial score (nSPS) is 17.7. The molecule has 4 rings (SSSR count). The van der Waals surface area contributed by atoms with E-state index in [4.69, 9.17) is 0 Å². The quantitative estimate of drug-likeness (QED) is 0.510. The van der Waals surface area contributed by atoms with E-state index in [9.17, 15) is 41.1 Å². The van der Waals surface area contributed by atoms with Crippen molar-refractivity contribution in [1.82, 2.24) is 9.80 Å². The minimum absolute atomic E-state index is 0.0462. The van der Waals surface area contributed by atoms with Crippen molar-refractivity contribution >= 4 is 23.6 Å². The van der Waals surface area contributed by atoms with Gasteiger partial charge >= 0.3 is 6.18 Å². The number of imide groups is 2. The van der Waals surface area contributed by atoms with E-state index in [1.54, 1.807) is 0 Å². The summed E-state index contributed by atoms with van der Waals surface area (Å²) in [5, 5.41) is 0. The smallest absolute Gasteiger partial charge is 0.277 e. The zero-order chi connectivity index (χ0) is 24.5. The molecule has 11 heteroatoms. The Labute approximate surface area is 183 Å². The van der Waals surface area contributed by atoms with Crippen LogP contribution in [0.5, 0.6) is 0 Å². The van der Waals surface area contributed by atoms with Crippen molar-refractivity contribution in [3.63, 3.8) is 0 Å². The van der Waals surface area contributed by atoms with Gasteiger partial charge in [0, 0.05) is 13.6 Å². The molecule has 1 unspecified atom stereocenters. The minimum atomic E-state index is -5.57. The van der Waals surface area contributed by atoms with Gasteiger partial charge in [-0.25, -0.2) is 8.78 Å². The van der Waals surface area contributed by atoms with Gasteiger partial charge in [-0.15, -0.1) is 0 Å². The van der Waals surface area contributed by atoms with Gasteiger partial charge in [-0.2, -0.15) is 13.2 Å². The topological polar surface area (TPSA) is 74.8 Å². The van der Waals surface area contributed by atoms with E-state index >= 15 is 0 Å². The van der Waals surface area contributed by atoms with Gasteiger partial charge in [0.1, 0.15) is 0 Å². The summed E-state index contributed by atoms with van der Waals surface area (Å²) < 4.78 is 72.3. The molecule has 0 aromatic heterocycles. The molecule has 2 aromatic rings. The highest BCUT2D eigenvalue weighted by atomic mass is 19.4. The number of nitrogens with zero attached hydrogens (tertiary/aromatic N) is 2. The second kappa shape index (κ2) is 7.19. The van der Waals surface area contributed by atoms with Crippen molar-refractivity contribution in [3.05, 3.63) is 69.8 Å². The molecular formula is C22H15F5N2O4. The number of carbonyl (C=O) groups excluding carboxylic acids is 4. The first-order valence-corrected chi connectivity index (χ1v) is 9.70. The molecule has 0 bridgehead atoms. The number of fused-ring (bicyclic) bond motifs is 2. The highest BCUT2D eigenvalue weighted by molar-refractivity contribution is 6.22. The van der Waals surface area contributed by atoms with E-state index in [1.807, 2.05) is 0 Å². The lowest BCUT2D eigenvalue weighted by Gasteiger charge is -2.36. The molecule has 2 heterocycles. The summed E-state index contributed by atoms with van der Waals surface area (Å²) in [4.78, 5) is 50.6. The summed E-state index contributed by atoms with van der Waals surface area (Å²) in [6.07, 6.45) is -9.62. The summed E-state index contributed by atoms with van der Waals surface area (Å²) >= 11 is 0. The monoisotopic (exact) mass is 466 g/mol. The third-order valence-corrected chi connectivity index (χ3v) is 6.06. The maximum absolute atomic E-state index is 14.5. The number of halogens is 5. The first kappa shape index (κ1) is 22.6. The van der Waals surface area contributed by atoms with Gasteiger partial charge < -0.3 is 0 Å². The number of benzene rings is 2. The number of amides is 4. The predicted molar refractivity (Wildman–Crippen MR) is 103 cm³/mol. The molecule has 0 saturated heterocycles. The van der Waals surface area contributed by atoms with Gasteiger partial charge in [0.15, 0.2) is 5.41 Å². The minimum Gasteiger partial charge on any atom is -0.277 e. The summed E-state index contributed by atoms with van der Waals surface area (Å²) in [6.45, 7) is 1.44. The van der Waals surface area contributed by atoms with Gasteiger partial charge in [-0.05, 0) is 42.3 Å². The Kier molecular flexibility index (Phi) is 4.91. The van der Waals surface area contributed by atoms with E-state index in [-0.39, 0.29) is 17.7 Å². The average molecular weight is 466 g/mol. The molecule has 0 fully saturated rings. The van der Waals surface area contributed by atoms with E-state index in [0.29, 0.717) is 17.0 Å². The first-order chi connectivity index (χ1) is 15.4. The molecule has 0 spiro atoms. The number of alkyl halides is 5. The number of hydrogen-bond acceptors (Lipinski definition) is 4. The Morgan fingerprint density at radius 1 is 0.758 bits per heavy atom. The molecule has 0 aliphatic carbocycles. The van der Waals surface area contributed by atoms with Crippen LogP contribution in [0.25, 0.3) is 0 Å². The fourth-order valence-corrected chi connectivity index (χ4v) is 4.30. The summed E-state index contributed by atoms with van der Waals surface area (Å²) in [5.41, 5.74) is -7.10. The van der Waals surface area contributed by atoms with Crippen LogP contribution < -0.4 is 0 Å². The Bertz CT molecular complexity index is 1240. The van der Waals surface area contributed by atoms with Crippen molar-refractivity contribution < 1.29 is 41.1 Å². The number of carbonyl (C=O) groups is 4. The molecule has 2 aliphatic rings. The fourth-order valence-electron chi connectivity index (χ4n) is 4.30. The standard InChI is InChI=1S/C22H15F5N2O4/c1-3-29-18(32)13-7-5-11(9-15(13)19(29)33)21(20(23)24,22(25,26)27)10-4-6-12-14(8-10)17(31)28(2)16(12)30/h4-9,20H,3H2,1-2H3. The van der Waals surface area contributed by atoms with Crippen LogP contribution in [0.4, 0.5) is 22.0 Å². The summed E-state index contributed by atoms with van der Waals surface area (Å²) in [7, 11) is 1.12. The highest BCUT2D eigenvalue weighted by Crippen LogP contribution is 2.51. The molecule has 2 aromatic carbocycles. The molecule has 4 amide bonds. The molecule has 0 radical (unpaired) electrons. The summed E-state index contributed by atoms with van der Waals surface area (Å²) in [5.74, 6) is -3.31. The number of hydrogen-bond donors (Lipinski definition) is 0. The third-order valence-electron chi connectivity index (χ3n) is 6.06. The molecular weight excluding hydrogens is 451 g/mol. The molecule has 0 N–H and O–H groups in total. The van der Waals surface area contributed by atoms with Crippen molar-refractivity contribution in [2.75, 3.05) is 13.6 Å². The Morgan fingerprint density at radius 2 is 1.18 bits per heavy atom. The Morgan fingerprint density at radius 3 is 1.64 bits per heavy atom. The fraction of sp³-hybridized carbons (Fsp3) is 0.273. The molecule has 2 aliphatic heterocycles. The molecule has 0 saturated carbocycles. The lowest BCUT2D eigenvalue weighted by Crippen LogP contribution is -2.49. The average Bonchev–Trinajstić information content (AvgIpc) is 3.12. The maximum Gasteiger partial charge on any atom is 0.407 e. The van der Waals surface area contributed by atoms with Crippen LogP contribution in [0.2, 0.25) is 0 Å². The van der Waals surface area contributed by atoms with E-state index < -0.39 is 63.9 Å². The lowest BCUT2D eigenvalue weighted by atomic mass is 9.72. The van der Waals surface area contributed by atoms with Gasteiger partial charge in [-0.3, -0.25) is 29.0 Å².